The summed E-state index contributed by atoms with van der Waals surface area (Å²) < 4.78 is 21.2. The summed E-state index contributed by atoms with van der Waals surface area (Å²) in [6, 6.07) is 3.51. The van der Waals surface area contributed by atoms with Crippen molar-refractivity contribution >= 4 is 11.9 Å². The lowest BCUT2D eigenvalue weighted by Gasteiger charge is -2.15. The van der Waals surface area contributed by atoms with E-state index in [0.29, 0.717) is 29.9 Å². The van der Waals surface area contributed by atoms with Gasteiger partial charge in [0.25, 0.3) is 0 Å². The van der Waals surface area contributed by atoms with Crippen molar-refractivity contribution in [2.24, 2.45) is 5.92 Å². The number of methoxy groups -OCH3 is 2. The second-order valence-corrected chi connectivity index (χ2v) is 6.35. The lowest BCUT2D eigenvalue weighted by molar-refractivity contribution is -0.135. The van der Waals surface area contributed by atoms with Crippen molar-refractivity contribution in [3.63, 3.8) is 0 Å². The van der Waals surface area contributed by atoms with Gasteiger partial charge >= 0.3 is 11.9 Å². The molecular formula is C21H28O6. The van der Waals surface area contributed by atoms with Gasteiger partial charge in [-0.25, -0.2) is 4.79 Å². The first-order chi connectivity index (χ1) is 12.8. The first kappa shape index (κ1) is 22.3. The Balaban J connectivity index is 2.92. The molecule has 6 heteroatoms. The van der Waals surface area contributed by atoms with Gasteiger partial charge in [-0.2, -0.15) is 0 Å². The number of hydrogen-bond acceptors (Lipinski definition) is 6. The average Bonchev–Trinajstić information content (AvgIpc) is 2.64. The Morgan fingerprint density at radius 3 is 2.19 bits per heavy atom. The van der Waals surface area contributed by atoms with Crippen molar-refractivity contribution in [1.82, 2.24) is 0 Å². The molecule has 0 amide bonds. The van der Waals surface area contributed by atoms with Crippen molar-refractivity contribution in [1.29, 1.82) is 0 Å². The molecule has 1 aromatic rings. The number of allylic oxidation sites excluding steroid dienone is 2. The fourth-order valence-corrected chi connectivity index (χ4v) is 2.15. The standard InChI is InChI=1S/C21H28O6/c1-7-15(4)21(23)26-10-8-9-16-12-17(24-5)20(18(13-16)25-6)27-19(22)11-14(2)3/h7-8,10,12-14H,9,11H2,1-6H3. The predicted octanol–water partition coefficient (Wildman–Crippen LogP) is 4.22. The van der Waals surface area contributed by atoms with Crippen LogP contribution in [0.5, 0.6) is 17.2 Å². The molecule has 0 saturated carbocycles. The molecule has 148 valence electrons. The van der Waals surface area contributed by atoms with E-state index >= 15 is 0 Å². The summed E-state index contributed by atoms with van der Waals surface area (Å²) in [5.74, 6) is 0.506. The summed E-state index contributed by atoms with van der Waals surface area (Å²) in [6.45, 7) is 7.34. The van der Waals surface area contributed by atoms with Crippen LogP contribution in [0.25, 0.3) is 0 Å². The second kappa shape index (κ2) is 11.1. The highest BCUT2D eigenvalue weighted by molar-refractivity contribution is 5.88. The lowest BCUT2D eigenvalue weighted by atomic mass is 10.1. The van der Waals surface area contributed by atoms with E-state index < -0.39 is 5.97 Å². The predicted molar refractivity (Wildman–Crippen MR) is 103 cm³/mol. The van der Waals surface area contributed by atoms with Crippen LogP contribution >= 0.6 is 0 Å². The molecule has 0 aliphatic rings. The number of carbonyl (C=O) groups excluding carboxylic acids is 2. The van der Waals surface area contributed by atoms with Crippen LogP contribution in [0.2, 0.25) is 0 Å². The molecule has 0 unspecified atom stereocenters. The topological polar surface area (TPSA) is 71.1 Å². The summed E-state index contributed by atoms with van der Waals surface area (Å²) in [7, 11) is 2.99. The van der Waals surface area contributed by atoms with Gasteiger partial charge in [0.15, 0.2) is 11.5 Å². The maximum absolute atomic E-state index is 12.0. The van der Waals surface area contributed by atoms with Crippen LogP contribution in [0.15, 0.2) is 36.1 Å². The van der Waals surface area contributed by atoms with Gasteiger partial charge in [-0.3, -0.25) is 4.79 Å². The quantitative estimate of drug-likeness (QED) is 0.278. The third-order valence-corrected chi connectivity index (χ3v) is 3.69. The zero-order valence-electron chi connectivity index (χ0n) is 16.8. The molecule has 0 bridgehead atoms. The van der Waals surface area contributed by atoms with E-state index in [4.69, 9.17) is 18.9 Å². The van der Waals surface area contributed by atoms with E-state index in [0.717, 1.165) is 5.56 Å². The Morgan fingerprint density at radius 1 is 1.11 bits per heavy atom. The largest absolute Gasteiger partial charge is 0.493 e. The van der Waals surface area contributed by atoms with Crippen LogP contribution < -0.4 is 14.2 Å². The van der Waals surface area contributed by atoms with Crippen molar-refractivity contribution < 1.29 is 28.5 Å². The van der Waals surface area contributed by atoms with Crippen molar-refractivity contribution in [3.8, 4) is 17.2 Å². The van der Waals surface area contributed by atoms with E-state index in [1.54, 1.807) is 38.1 Å². The number of esters is 2. The van der Waals surface area contributed by atoms with E-state index in [1.807, 2.05) is 13.8 Å². The first-order valence-electron chi connectivity index (χ1n) is 8.76. The number of ether oxygens (including phenoxy) is 4. The normalized spacial score (nSPS) is 11.6. The lowest BCUT2D eigenvalue weighted by Crippen LogP contribution is -2.12. The molecule has 0 heterocycles. The van der Waals surface area contributed by atoms with Gasteiger partial charge in [-0.15, -0.1) is 0 Å². The van der Waals surface area contributed by atoms with Gasteiger partial charge in [0, 0.05) is 12.0 Å². The number of rotatable bonds is 9. The second-order valence-electron chi connectivity index (χ2n) is 6.35. The van der Waals surface area contributed by atoms with Gasteiger partial charge < -0.3 is 18.9 Å². The van der Waals surface area contributed by atoms with Crippen molar-refractivity contribution in [3.05, 3.63) is 41.7 Å². The molecule has 0 aromatic heterocycles. The molecule has 1 rings (SSSR count). The third kappa shape index (κ3) is 7.17. The SMILES string of the molecule is CC=C(C)C(=O)OC=CCc1cc(OC)c(OC(=O)CC(C)C)c(OC)c1. The molecule has 0 spiro atoms. The minimum atomic E-state index is -0.392. The van der Waals surface area contributed by atoms with Gasteiger partial charge in [0.2, 0.25) is 5.75 Å². The summed E-state index contributed by atoms with van der Waals surface area (Å²) in [5, 5.41) is 0. The number of benzene rings is 1. The molecule has 0 fully saturated rings. The Morgan fingerprint density at radius 2 is 1.70 bits per heavy atom. The maximum Gasteiger partial charge on any atom is 0.338 e. The molecule has 0 aliphatic carbocycles. The summed E-state index contributed by atoms with van der Waals surface area (Å²) in [5.41, 5.74) is 1.39. The van der Waals surface area contributed by atoms with Crippen LogP contribution in [-0.2, 0) is 20.7 Å². The highest BCUT2D eigenvalue weighted by Gasteiger charge is 2.18. The third-order valence-electron chi connectivity index (χ3n) is 3.69. The van der Waals surface area contributed by atoms with Gasteiger partial charge in [-0.05, 0) is 50.0 Å². The fraction of sp³-hybridized carbons (Fsp3) is 0.429. The fourth-order valence-electron chi connectivity index (χ4n) is 2.15. The summed E-state index contributed by atoms with van der Waals surface area (Å²) in [4.78, 5) is 23.6. The summed E-state index contributed by atoms with van der Waals surface area (Å²) >= 11 is 0. The van der Waals surface area contributed by atoms with Crippen LogP contribution in [0.3, 0.4) is 0 Å². The summed E-state index contributed by atoms with van der Waals surface area (Å²) in [6.07, 6.45) is 5.53. The average molecular weight is 376 g/mol. The first-order valence-corrected chi connectivity index (χ1v) is 8.76. The van der Waals surface area contributed by atoms with Gasteiger partial charge in [0.05, 0.1) is 20.5 Å². The molecular weight excluding hydrogens is 348 g/mol. The molecule has 0 radical (unpaired) electrons. The van der Waals surface area contributed by atoms with E-state index in [-0.39, 0.29) is 17.6 Å². The van der Waals surface area contributed by atoms with Crippen molar-refractivity contribution in [2.75, 3.05) is 14.2 Å². The molecule has 0 N–H and O–H groups in total. The molecule has 0 saturated heterocycles. The van der Waals surface area contributed by atoms with Crippen LogP contribution in [0, 0.1) is 5.92 Å². The monoisotopic (exact) mass is 376 g/mol. The number of carbonyl (C=O) groups is 2. The Kier molecular flexibility index (Phi) is 9.13. The van der Waals surface area contributed by atoms with Crippen LogP contribution in [0.4, 0.5) is 0 Å². The van der Waals surface area contributed by atoms with Crippen LogP contribution in [0.1, 0.15) is 39.7 Å². The number of hydrogen-bond donors (Lipinski definition) is 0. The Labute approximate surface area is 160 Å². The maximum atomic E-state index is 12.0. The van der Waals surface area contributed by atoms with Gasteiger partial charge in [0.1, 0.15) is 0 Å². The molecule has 6 nitrogen and oxygen atoms in total. The molecule has 27 heavy (non-hydrogen) atoms. The highest BCUT2D eigenvalue weighted by atomic mass is 16.6. The smallest absolute Gasteiger partial charge is 0.338 e. The minimum Gasteiger partial charge on any atom is -0.493 e. The minimum absolute atomic E-state index is 0.188. The highest BCUT2D eigenvalue weighted by Crippen LogP contribution is 2.39. The van der Waals surface area contributed by atoms with Crippen molar-refractivity contribution in [2.45, 2.75) is 40.5 Å². The zero-order chi connectivity index (χ0) is 20.4. The van der Waals surface area contributed by atoms with Gasteiger partial charge in [-0.1, -0.05) is 19.9 Å². The zero-order valence-corrected chi connectivity index (χ0v) is 16.8. The van der Waals surface area contributed by atoms with E-state index in [1.165, 1.54) is 20.5 Å². The Bertz CT molecular complexity index is 690. The molecule has 1 aromatic carbocycles. The molecule has 0 aliphatic heterocycles. The van der Waals surface area contributed by atoms with E-state index in [9.17, 15) is 9.59 Å². The Hall–Kier alpha value is -2.76. The van der Waals surface area contributed by atoms with E-state index in [2.05, 4.69) is 0 Å². The van der Waals surface area contributed by atoms with Crippen LogP contribution in [-0.4, -0.2) is 26.2 Å². The molecule has 0 atom stereocenters.